The zero-order chi connectivity index (χ0) is 27.6. The molecule has 0 saturated heterocycles. The van der Waals surface area contributed by atoms with E-state index in [1.165, 1.54) is 12.1 Å². The molecular formula is C30H29ClFN7. The summed E-state index contributed by atoms with van der Waals surface area (Å²) < 4.78 is 13.8. The second-order valence-corrected chi connectivity index (χ2v) is 11.0. The fourth-order valence-electron chi connectivity index (χ4n) is 4.34. The summed E-state index contributed by atoms with van der Waals surface area (Å²) in [7, 11) is 0. The van der Waals surface area contributed by atoms with Crippen molar-refractivity contribution in [1.29, 1.82) is 5.26 Å². The van der Waals surface area contributed by atoms with Gasteiger partial charge >= 0.3 is 0 Å². The van der Waals surface area contributed by atoms with Gasteiger partial charge in [-0.25, -0.2) is 4.39 Å². The lowest BCUT2D eigenvalue weighted by atomic mass is 9.96. The minimum absolute atomic E-state index is 0.00605. The lowest BCUT2D eigenvalue weighted by Crippen LogP contribution is -2.37. The van der Waals surface area contributed by atoms with Crippen LogP contribution in [-0.2, 0) is 0 Å². The summed E-state index contributed by atoms with van der Waals surface area (Å²) in [5.74, 6) is -0.312. The van der Waals surface area contributed by atoms with Gasteiger partial charge in [-0.3, -0.25) is 9.99 Å². The zero-order valence-electron chi connectivity index (χ0n) is 21.9. The van der Waals surface area contributed by atoms with E-state index in [1.807, 2.05) is 53.7 Å². The molecule has 0 saturated carbocycles. The van der Waals surface area contributed by atoms with Crippen LogP contribution in [-0.4, -0.2) is 11.5 Å². The van der Waals surface area contributed by atoms with Gasteiger partial charge in [-0.2, -0.15) is 5.26 Å². The number of benzene rings is 3. The standard InChI is InChI=1S/C30H29ClFN7/c1-30(2,3)18-35-27-20(15-33)16-34-29-24(27)13-22(14-25(29)31)36-28(19-9-11-21(32)12-10-19)26-17-39(38-37-26)23-7-5-4-6-8-23/h4-14,16-17,28,36-38H,18H2,1-3H3,(H,34,35)/t28-/m0/s1. The van der Waals surface area contributed by atoms with E-state index in [2.05, 4.69) is 53.4 Å². The summed E-state index contributed by atoms with van der Waals surface area (Å²) >= 11 is 6.72. The third-order valence-corrected chi connectivity index (χ3v) is 6.58. The van der Waals surface area contributed by atoms with E-state index in [0.29, 0.717) is 28.3 Å². The van der Waals surface area contributed by atoms with Crippen molar-refractivity contribution in [3.8, 4) is 6.07 Å². The number of fused-ring (bicyclic) bond motifs is 1. The maximum atomic E-state index is 13.8. The molecule has 4 N–H and O–H groups in total. The number of halogens is 2. The fraction of sp³-hybridized carbons (Fsp3) is 0.200. The Hall–Kier alpha value is -4.32. The van der Waals surface area contributed by atoms with E-state index in [-0.39, 0.29) is 17.3 Å². The molecule has 5 rings (SSSR count). The molecule has 2 heterocycles. The highest BCUT2D eigenvalue weighted by atomic mass is 35.5. The van der Waals surface area contributed by atoms with Gasteiger partial charge in [0.25, 0.3) is 0 Å². The van der Waals surface area contributed by atoms with Gasteiger partial charge in [0, 0.05) is 30.0 Å². The number of hydrogen-bond acceptors (Lipinski definition) is 7. The lowest BCUT2D eigenvalue weighted by Gasteiger charge is -2.23. The minimum Gasteiger partial charge on any atom is -0.383 e. The number of rotatable bonds is 7. The van der Waals surface area contributed by atoms with E-state index in [0.717, 1.165) is 28.0 Å². The number of aromatic nitrogens is 1. The Kier molecular flexibility index (Phi) is 7.29. The maximum Gasteiger partial charge on any atom is 0.123 e. The molecule has 0 aliphatic carbocycles. The third kappa shape index (κ3) is 5.90. The van der Waals surface area contributed by atoms with Crippen LogP contribution >= 0.6 is 11.6 Å². The molecular weight excluding hydrogens is 513 g/mol. The van der Waals surface area contributed by atoms with Crippen molar-refractivity contribution in [3.05, 3.63) is 107 Å². The molecule has 4 aromatic rings. The summed E-state index contributed by atoms with van der Waals surface area (Å²) in [5, 5.41) is 19.9. The van der Waals surface area contributed by atoms with Gasteiger partial charge in [0.15, 0.2) is 0 Å². The Balaban J connectivity index is 1.56. The number of nitriles is 1. The number of hydrazine groups is 2. The van der Waals surface area contributed by atoms with Crippen LogP contribution in [0.25, 0.3) is 10.9 Å². The lowest BCUT2D eigenvalue weighted by molar-refractivity contribution is 0.443. The van der Waals surface area contributed by atoms with Crippen LogP contribution in [0, 0.1) is 22.6 Å². The molecule has 39 heavy (non-hydrogen) atoms. The van der Waals surface area contributed by atoms with Crippen LogP contribution in [0.2, 0.25) is 5.02 Å². The first-order chi connectivity index (χ1) is 18.7. The van der Waals surface area contributed by atoms with Crippen LogP contribution in [0.15, 0.2) is 84.8 Å². The number of anilines is 3. The molecule has 0 amide bonds. The Morgan fingerprint density at radius 3 is 2.54 bits per heavy atom. The van der Waals surface area contributed by atoms with Crippen molar-refractivity contribution in [2.45, 2.75) is 26.8 Å². The van der Waals surface area contributed by atoms with E-state index in [1.54, 1.807) is 18.3 Å². The molecule has 0 bridgehead atoms. The number of para-hydroxylation sites is 1. The normalized spacial score (nSPS) is 13.9. The van der Waals surface area contributed by atoms with E-state index < -0.39 is 0 Å². The zero-order valence-corrected chi connectivity index (χ0v) is 22.6. The average Bonchev–Trinajstić information content (AvgIpc) is 3.41. The Morgan fingerprint density at radius 2 is 1.85 bits per heavy atom. The topological polar surface area (TPSA) is 88.0 Å². The molecule has 0 fully saturated rings. The van der Waals surface area contributed by atoms with Crippen molar-refractivity contribution >= 4 is 39.6 Å². The fourth-order valence-corrected chi connectivity index (χ4v) is 4.61. The third-order valence-electron chi connectivity index (χ3n) is 6.29. The first kappa shape index (κ1) is 26.3. The van der Waals surface area contributed by atoms with Crippen molar-refractivity contribution in [2.75, 3.05) is 22.2 Å². The van der Waals surface area contributed by atoms with Gasteiger partial charge in [-0.15, -0.1) is 5.53 Å². The number of pyridine rings is 1. The van der Waals surface area contributed by atoms with Crippen molar-refractivity contribution in [1.82, 2.24) is 15.9 Å². The van der Waals surface area contributed by atoms with Crippen LogP contribution < -0.4 is 26.6 Å². The monoisotopic (exact) mass is 541 g/mol. The van der Waals surface area contributed by atoms with Crippen LogP contribution in [0.5, 0.6) is 0 Å². The summed E-state index contributed by atoms with van der Waals surface area (Å²) in [6, 6.07) is 21.8. The van der Waals surface area contributed by atoms with E-state index in [9.17, 15) is 9.65 Å². The SMILES string of the molecule is CC(C)(C)CNc1c(C#N)cnc2c(Cl)cc(N[C@H](C3=CN(c4ccccc4)NN3)c3ccc(F)cc3)cc12. The molecule has 1 atom stereocenters. The molecule has 1 aliphatic heterocycles. The highest BCUT2D eigenvalue weighted by Gasteiger charge is 2.24. The predicted octanol–water partition coefficient (Wildman–Crippen LogP) is 6.88. The van der Waals surface area contributed by atoms with E-state index in [4.69, 9.17) is 11.6 Å². The highest BCUT2D eigenvalue weighted by molar-refractivity contribution is 6.35. The molecule has 9 heteroatoms. The second kappa shape index (κ2) is 10.8. The van der Waals surface area contributed by atoms with Crippen molar-refractivity contribution in [2.24, 2.45) is 5.41 Å². The molecule has 0 radical (unpaired) electrons. The molecule has 198 valence electrons. The highest BCUT2D eigenvalue weighted by Crippen LogP contribution is 2.36. The largest absolute Gasteiger partial charge is 0.383 e. The van der Waals surface area contributed by atoms with Gasteiger partial charge in [-0.05, 0) is 47.4 Å². The molecule has 0 unspecified atom stereocenters. The molecule has 1 aromatic heterocycles. The number of nitrogens with zero attached hydrogens (tertiary/aromatic N) is 3. The minimum atomic E-state index is -0.376. The summed E-state index contributed by atoms with van der Waals surface area (Å²) in [6.07, 6.45) is 3.50. The Morgan fingerprint density at radius 1 is 1.10 bits per heavy atom. The van der Waals surface area contributed by atoms with Crippen molar-refractivity contribution in [3.63, 3.8) is 0 Å². The summed E-state index contributed by atoms with van der Waals surface area (Å²) in [5.41, 5.74) is 11.5. The number of hydrogen-bond donors (Lipinski definition) is 4. The number of nitrogens with one attached hydrogen (secondary N) is 4. The van der Waals surface area contributed by atoms with Gasteiger partial charge in [0.1, 0.15) is 11.9 Å². The van der Waals surface area contributed by atoms with Gasteiger partial charge in [0.05, 0.1) is 39.2 Å². The predicted molar refractivity (Wildman–Crippen MR) is 155 cm³/mol. The smallest absolute Gasteiger partial charge is 0.123 e. The first-order valence-electron chi connectivity index (χ1n) is 12.6. The van der Waals surface area contributed by atoms with Crippen molar-refractivity contribution < 1.29 is 4.39 Å². The summed E-state index contributed by atoms with van der Waals surface area (Å²) in [4.78, 5) is 4.46. The van der Waals surface area contributed by atoms with Gasteiger partial charge in [0.2, 0.25) is 0 Å². The second-order valence-electron chi connectivity index (χ2n) is 10.6. The Bertz CT molecular complexity index is 1560. The van der Waals surface area contributed by atoms with Gasteiger partial charge in [-0.1, -0.05) is 62.7 Å². The first-order valence-corrected chi connectivity index (χ1v) is 13.0. The molecule has 1 aliphatic rings. The van der Waals surface area contributed by atoms with Crippen LogP contribution in [0.1, 0.15) is 37.9 Å². The van der Waals surface area contributed by atoms with Crippen LogP contribution in [0.4, 0.5) is 21.5 Å². The maximum absolute atomic E-state index is 13.8. The van der Waals surface area contributed by atoms with Crippen LogP contribution in [0.3, 0.4) is 0 Å². The van der Waals surface area contributed by atoms with Gasteiger partial charge < -0.3 is 16.1 Å². The molecule has 3 aromatic carbocycles. The molecule has 7 nitrogen and oxygen atoms in total. The average molecular weight is 542 g/mol. The van der Waals surface area contributed by atoms with E-state index >= 15 is 0 Å². The summed E-state index contributed by atoms with van der Waals surface area (Å²) in [6.45, 7) is 7.03. The Labute approximate surface area is 232 Å². The quantitative estimate of drug-likeness (QED) is 0.203. The molecule has 0 spiro atoms.